The molecule has 11 heteroatoms. The normalized spacial score (nSPS) is 12.8. The number of H-pyrrole nitrogens is 1. The van der Waals surface area contributed by atoms with Crippen molar-refractivity contribution in [3.05, 3.63) is 92.4 Å². The second-order valence-corrected chi connectivity index (χ2v) is 16.0. The Morgan fingerprint density at radius 1 is 1.02 bits per heavy atom. The summed E-state index contributed by atoms with van der Waals surface area (Å²) in [5.41, 5.74) is 21.2. The van der Waals surface area contributed by atoms with E-state index in [4.69, 9.17) is 28.8 Å². The molecule has 2 aromatic carbocycles. The molecule has 0 bridgehead atoms. The van der Waals surface area contributed by atoms with E-state index in [0.717, 1.165) is 60.1 Å². The van der Waals surface area contributed by atoms with Gasteiger partial charge in [0, 0.05) is 40.8 Å². The number of nitrogens with two attached hydrogens (primary N) is 3. The van der Waals surface area contributed by atoms with E-state index in [1.165, 1.54) is 0 Å². The molecule has 8 N–H and O–H groups in total. The zero-order chi connectivity index (χ0) is 36.7. The number of aromatic nitrogens is 3. The summed E-state index contributed by atoms with van der Waals surface area (Å²) in [5.74, 6) is -0.173. The monoisotopic (exact) mass is 694 g/mol. The van der Waals surface area contributed by atoms with E-state index < -0.39 is 0 Å². The van der Waals surface area contributed by atoms with E-state index in [9.17, 15) is 9.18 Å². The number of fused-ring (bicyclic) bond motifs is 1. The summed E-state index contributed by atoms with van der Waals surface area (Å²) in [5, 5.41) is 4.58. The Morgan fingerprint density at radius 2 is 1.67 bits per heavy atom. The van der Waals surface area contributed by atoms with Crippen LogP contribution in [0.4, 0.5) is 4.39 Å². The molecule has 0 radical (unpaired) electrons. The van der Waals surface area contributed by atoms with E-state index in [2.05, 4.69) is 54.0 Å². The maximum Gasteiger partial charge on any atom is 0.354 e. The van der Waals surface area contributed by atoms with Crippen LogP contribution in [-0.2, 0) is 17.3 Å². The lowest BCUT2D eigenvalue weighted by Crippen LogP contribution is -2.31. The van der Waals surface area contributed by atoms with Crippen LogP contribution in [0.2, 0.25) is 5.02 Å². The Balaban J connectivity index is 0.000000295. The predicted octanol–water partition coefficient (Wildman–Crippen LogP) is 7.16. The van der Waals surface area contributed by atoms with Gasteiger partial charge in [-0.05, 0) is 99.4 Å². The Morgan fingerprint density at radius 3 is 2.24 bits per heavy atom. The summed E-state index contributed by atoms with van der Waals surface area (Å²) in [6, 6.07) is 13.8. The van der Waals surface area contributed by atoms with E-state index in [0.29, 0.717) is 17.8 Å². The predicted molar refractivity (Wildman–Crippen MR) is 203 cm³/mol. The summed E-state index contributed by atoms with van der Waals surface area (Å²) >= 11 is 5.99. The van der Waals surface area contributed by atoms with Gasteiger partial charge in [0.1, 0.15) is 11.5 Å². The molecule has 9 nitrogen and oxygen atoms in total. The Kier molecular flexibility index (Phi) is 13.2. The van der Waals surface area contributed by atoms with Crippen LogP contribution >= 0.6 is 11.6 Å². The zero-order valence-corrected chi connectivity index (χ0v) is 31.4. The number of aliphatic imine (C=N–C) groups is 1. The van der Waals surface area contributed by atoms with Gasteiger partial charge < -0.3 is 27.5 Å². The van der Waals surface area contributed by atoms with Crippen molar-refractivity contribution in [2.45, 2.75) is 110 Å². The van der Waals surface area contributed by atoms with Gasteiger partial charge in [0.15, 0.2) is 5.96 Å². The number of aryl methyl sites for hydroxylation is 1. The fraction of sp³-hybridized carbons (Fsp3) is 0.500. The number of guanidine groups is 1. The van der Waals surface area contributed by atoms with Crippen molar-refractivity contribution >= 4 is 28.6 Å². The highest BCUT2D eigenvalue weighted by molar-refractivity contribution is 6.30. The molecule has 0 saturated heterocycles. The van der Waals surface area contributed by atoms with Crippen LogP contribution in [0, 0.1) is 5.82 Å². The van der Waals surface area contributed by atoms with Crippen molar-refractivity contribution < 1.29 is 4.39 Å². The van der Waals surface area contributed by atoms with Gasteiger partial charge in [-0.3, -0.25) is 9.56 Å². The Labute approximate surface area is 295 Å². The summed E-state index contributed by atoms with van der Waals surface area (Å²) in [4.78, 5) is 24.0. The number of aromatic amines is 1. The molecule has 49 heavy (non-hydrogen) atoms. The van der Waals surface area contributed by atoms with Crippen LogP contribution in [0.5, 0.6) is 0 Å². The fourth-order valence-electron chi connectivity index (χ4n) is 5.31. The molecular formula is C38H56ClFN8O. The maximum absolute atomic E-state index is 14.0. The van der Waals surface area contributed by atoms with E-state index in [1.54, 1.807) is 10.6 Å². The van der Waals surface area contributed by atoms with E-state index in [1.807, 2.05) is 71.1 Å². The molecule has 2 heterocycles. The first-order chi connectivity index (χ1) is 22.7. The van der Waals surface area contributed by atoms with Gasteiger partial charge in [-0.15, -0.1) is 0 Å². The minimum Gasteiger partial charge on any atom is -0.370 e. The van der Waals surface area contributed by atoms with Crippen LogP contribution in [0.3, 0.4) is 0 Å². The van der Waals surface area contributed by atoms with Gasteiger partial charge in [-0.1, -0.05) is 71.3 Å². The first-order valence-corrected chi connectivity index (χ1v) is 17.3. The summed E-state index contributed by atoms with van der Waals surface area (Å²) in [6.45, 7) is 19.9. The van der Waals surface area contributed by atoms with Crippen molar-refractivity contribution in [3.63, 3.8) is 0 Å². The van der Waals surface area contributed by atoms with Crippen LogP contribution in [0.25, 0.3) is 16.7 Å². The molecule has 2 aromatic heterocycles. The van der Waals surface area contributed by atoms with Crippen LogP contribution in [0.1, 0.15) is 110 Å². The molecule has 268 valence electrons. The summed E-state index contributed by atoms with van der Waals surface area (Å²) in [7, 11) is 0. The summed E-state index contributed by atoms with van der Waals surface area (Å²) in [6.07, 6.45) is 5.50. The SMILES string of the molecule is CC(C)(N)CCCc1cc(Cl)c(F)c(C(C)(C)C)c1.C[C@H](NCCCN=C(N)N)c1ccc(-n2cc3cc(C(C)(C)C)[nH]c3nc2=O)cc1. The molecule has 0 aliphatic rings. The van der Waals surface area contributed by atoms with Crippen LogP contribution < -0.4 is 28.2 Å². The third-order valence-corrected chi connectivity index (χ3v) is 8.52. The molecule has 0 amide bonds. The third kappa shape index (κ3) is 12.0. The first-order valence-electron chi connectivity index (χ1n) is 16.9. The van der Waals surface area contributed by atoms with Crippen molar-refractivity contribution in [1.29, 1.82) is 0 Å². The number of hydrogen-bond acceptors (Lipinski definition) is 5. The average molecular weight is 695 g/mol. The molecule has 0 aliphatic carbocycles. The largest absolute Gasteiger partial charge is 0.370 e. The molecule has 0 aliphatic heterocycles. The molecule has 4 rings (SSSR count). The van der Waals surface area contributed by atoms with Crippen molar-refractivity contribution in [1.82, 2.24) is 19.9 Å². The second kappa shape index (κ2) is 16.3. The molecule has 0 spiro atoms. The second-order valence-electron chi connectivity index (χ2n) is 15.6. The van der Waals surface area contributed by atoms with Crippen molar-refractivity contribution in [2.24, 2.45) is 22.2 Å². The highest BCUT2D eigenvalue weighted by atomic mass is 35.5. The highest BCUT2D eigenvalue weighted by Crippen LogP contribution is 2.31. The Bertz CT molecular complexity index is 1770. The lowest BCUT2D eigenvalue weighted by molar-refractivity contribution is 0.458. The van der Waals surface area contributed by atoms with Gasteiger partial charge in [0.05, 0.1) is 10.7 Å². The third-order valence-electron chi connectivity index (χ3n) is 8.25. The fourth-order valence-corrected chi connectivity index (χ4v) is 5.56. The maximum atomic E-state index is 14.0. The standard InChI is InChI=1S/C22H31N7O.C16H25ClFN/c1-14(25-10-5-11-26-20(23)24)15-6-8-17(9-7-15)29-13-16-12-18(22(2,3)4)27-19(16)28-21(29)30;1-15(2,3)12-9-11(10-13(17)14(12)18)7-6-8-16(4,5)19/h6-9,12-14,25H,5,10-11H2,1-4H3,(H4,23,24,26)(H,27,28,30);9-10H,6-8,19H2,1-5H3/t14-;/m0./s1. The molecule has 0 fully saturated rings. The Hall–Kier alpha value is -3.73. The van der Waals surface area contributed by atoms with E-state index in [-0.39, 0.29) is 44.9 Å². The minimum absolute atomic E-state index is 0.0390. The number of hydrogen-bond donors (Lipinski definition) is 5. The molecule has 0 saturated carbocycles. The smallest absolute Gasteiger partial charge is 0.354 e. The highest BCUT2D eigenvalue weighted by Gasteiger charge is 2.22. The molecular weight excluding hydrogens is 639 g/mol. The lowest BCUT2D eigenvalue weighted by atomic mass is 9.85. The molecule has 0 unspecified atom stereocenters. The number of halogens is 2. The van der Waals surface area contributed by atoms with Gasteiger partial charge in [0.25, 0.3) is 0 Å². The van der Waals surface area contributed by atoms with Crippen molar-refractivity contribution in [2.75, 3.05) is 13.1 Å². The molecule has 1 atom stereocenters. The van der Waals surface area contributed by atoms with Gasteiger partial charge in [-0.25, -0.2) is 9.18 Å². The van der Waals surface area contributed by atoms with Crippen LogP contribution in [0.15, 0.2) is 58.4 Å². The van der Waals surface area contributed by atoms with Crippen molar-refractivity contribution in [3.8, 4) is 5.69 Å². The molecule has 4 aromatic rings. The van der Waals surface area contributed by atoms with E-state index >= 15 is 0 Å². The number of rotatable bonds is 11. The number of nitrogens with one attached hydrogen (secondary N) is 2. The number of benzene rings is 2. The average Bonchev–Trinajstić information content (AvgIpc) is 3.41. The van der Waals surface area contributed by atoms with Gasteiger partial charge in [-0.2, -0.15) is 4.98 Å². The van der Waals surface area contributed by atoms with Gasteiger partial charge in [0.2, 0.25) is 0 Å². The number of nitrogens with zero attached hydrogens (tertiary/aromatic N) is 3. The summed E-state index contributed by atoms with van der Waals surface area (Å²) < 4.78 is 15.6. The quantitative estimate of drug-likeness (QED) is 0.0638. The first kappa shape index (κ1) is 39.7. The van der Waals surface area contributed by atoms with Crippen LogP contribution in [-0.4, -0.2) is 39.1 Å². The minimum atomic E-state index is -0.302. The topological polar surface area (TPSA) is 153 Å². The van der Waals surface area contributed by atoms with Gasteiger partial charge >= 0.3 is 5.69 Å². The zero-order valence-electron chi connectivity index (χ0n) is 30.7. The lowest BCUT2D eigenvalue weighted by Gasteiger charge is -2.22.